The summed E-state index contributed by atoms with van der Waals surface area (Å²) in [5.74, 6) is -0.196. The molecule has 1 amide bonds. The van der Waals surface area contributed by atoms with Crippen LogP contribution in [0.2, 0.25) is 0 Å². The lowest BCUT2D eigenvalue weighted by Gasteiger charge is -2.25. The Kier molecular flexibility index (Phi) is 7.16. The largest absolute Gasteiger partial charge is 0.333 e. The number of carbonyl (C=O) groups excluding carboxylic acids is 2. The molecule has 0 aliphatic carbocycles. The van der Waals surface area contributed by atoms with Crippen molar-refractivity contribution in [3.63, 3.8) is 0 Å². The molecule has 0 rings (SSSR count). The molecule has 0 aromatic carbocycles. The maximum absolute atomic E-state index is 12.5. The third-order valence-corrected chi connectivity index (χ3v) is 5.23. The molecule has 17 heavy (non-hydrogen) atoms. The summed E-state index contributed by atoms with van der Waals surface area (Å²) in [5.41, 5.74) is 0. The molecule has 0 saturated heterocycles. The predicted octanol–water partition coefficient (Wildman–Crippen LogP) is 2.90. The van der Waals surface area contributed by atoms with Gasteiger partial charge in [-0.1, -0.05) is 21.6 Å². The number of likely N-dealkylation sites (N-methyl/N-ethyl adjacent to an activating group) is 1. The number of nitrogens with zero attached hydrogens (tertiary/aromatic N) is 1. The minimum atomic E-state index is -1.47. The Morgan fingerprint density at radius 2 is 1.94 bits per heavy atom. The average Bonchev–Trinajstić information content (AvgIpc) is 2.23. The third-order valence-electron chi connectivity index (χ3n) is 2.55. The molecule has 0 heterocycles. The van der Waals surface area contributed by atoms with Crippen molar-refractivity contribution < 1.29 is 14.0 Å². The summed E-state index contributed by atoms with van der Waals surface area (Å²) < 4.78 is 12.5. The highest BCUT2D eigenvalue weighted by Crippen LogP contribution is 2.37. The van der Waals surface area contributed by atoms with Crippen LogP contribution in [0.5, 0.6) is 0 Å². The molecule has 6 heteroatoms. The van der Waals surface area contributed by atoms with Crippen LogP contribution in [0.3, 0.4) is 0 Å². The second-order valence-electron chi connectivity index (χ2n) is 4.49. The molecular formula is C11H20FNO2S2. The fourth-order valence-corrected chi connectivity index (χ4v) is 3.46. The average molecular weight is 281 g/mol. The number of rotatable bonds is 7. The summed E-state index contributed by atoms with van der Waals surface area (Å²) >= 11 is 0. The van der Waals surface area contributed by atoms with Gasteiger partial charge in [-0.25, -0.2) is 0 Å². The lowest BCUT2D eigenvalue weighted by atomic mass is 10.1. The van der Waals surface area contributed by atoms with Gasteiger partial charge in [-0.3, -0.25) is 9.59 Å². The molecule has 0 radical (unpaired) electrons. The van der Waals surface area contributed by atoms with Crippen LogP contribution in [0.4, 0.5) is 4.39 Å². The quantitative estimate of drug-likeness (QED) is 0.531. The minimum absolute atomic E-state index is 0.00111. The van der Waals surface area contributed by atoms with Crippen molar-refractivity contribution >= 4 is 33.5 Å². The molecule has 0 bridgehead atoms. The second-order valence-corrected chi connectivity index (χ2v) is 7.60. The Hall–Kier alpha value is -0.230. The first kappa shape index (κ1) is 16.8. The smallest absolute Gasteiger partial charge is 0.323 e. The van der Waals surface area contributed by atoms with Crippen LogP contribution in [0.1, 0.15) is 33.6 Å². The van der Waals surface area contributed by atoms with Crippen LogP contribution >= 0.6 is 21.6 Å². The zero-order valence-electron chi connectivity index (χ0n) is 10.9. The zero-order valence-corrected chi connectivity index (χ0v) is 12.6. The first-order valence-corrected chi connectivity index (χ1v) is 7.94. The summed E-state index contributed by atoms with van der Waals surface area (Å²) in [5, 5.41) is 0. The predicted molar refractivity (Wildman–Crippen MR) is 72.8 cm³/mol. The molecule has 0 N–H and O–H groups in total. The molecule has 3 nitrogen and oxygen atoms in total. The Balaban J connectivity index is 4.23. The van der Waals surface area contributed by atoms with Gasteiger partial charge in [-0.05, 0) is 33.4 Å². The minimum Gasteiger partial charge on any atom is -0.333 e. The van der Waals surface area contributed by atoms with Gasteiger partial charge in [0.2, 0.25) is 5.91 Å². The standard InChI is InChI=1S/C11H20FNO2S2/c1-8(10(12)15)13(4)9(14)6-7-11(2,3)17-16-5/h8H,6-7H2,1-5H3. The van der Waals surface area contributed by atoms with Gasteiger partial charge in [0.15, 0.2) is 0 Å². The normalized spacial score (nSPS) is 13.3. The van der Waals surface area contributed by atoms with E-state index in [1.54, 1.807) is 21.6 Å². The van der Waals surface area contributed by atoms with E-state index in [0.717, 1.165) is 0 Å². The lowest BCUT2D eigenvalue weighted by Crippen LogP contribution is -2.39. The van der Waals surface area contributed by atoms with E-state index in [1.807, 2.05) is 6.26 Å². The molecule has 0 aromatic rings. The molecule has 1 atom stereocenters. The third kappa shape index (κ3) is 6.31. The second kappa shape index (κ2) is 7.26. The Morgan fingerprint density at radius 1 is 1.41 bits per heavy atom. The fraction of sp³-hybridized carbons (Fsp3) is 0.818. The Labute approximate surface area is 110 Å². The molecule has 0 spiro atoms. The van der Waals surface area contributed by atoms with Gasteiger partial charge in [0.05, 0.1) is 0 Å². The highest BCUT2D eigenvalue weighted by Gasteiger charge is 2.25. The van der Waals surface area contributed by atoms with E-state index < -0.39 is 12.1 Å². The van der Waals surface area contributed by atoms with Crippen molar-refractivity contribution in [2.24, 2.45) is 0 Å². The van der Waals surface area contributed by atoms with E-state index in [9.17, 15) is 14.0 Å². The van der Waals surface area contributed by atoms with Crippen LogP contribution in [0, 0.1) is 0 Å². The lowest BCUT2D eigenvalue weighted by molar-refractivity contribution is -0.142. The summed E-state index contributed by atoms with van der Waals surface area (Å²) in [7, 11) is 4.82. The Morgan fingerprint density at radius 3 is 2.35 bits per heavy atom. The van der Waals surface area contributed by atoms with Gasteiger partial charge in [0.25, 0.3) is 0 Å². The summed E-state index contributed by atoms with van der Waals surface area (Å²) in [6, 6.07) is -2.46. The zero-order chi connectivity index (χ0) is 13.6. The van der Waals surface area contributed by atoms with Gasteiger partial charge < -0.3 is 4.90 Å². The molecule has 0 aromatic heterocycles. The maximum atomic E-state index is 12.5. The van der Waals surface area contributed by atoms with Gasteiger partial charge in [0, 0.05) is 18.2 Å². The summed E-state index contributed by atoms with van der Waals surface area (Å²) in [6.07, 6.45) is 3.02. The van der Waals surface area contributed by atoms with Crippen LogP contribution in [-0.2, 0) is 9.59 Å². The number of carbonyl (C=O) groups is 2. The molecule has 0 aliphatic rings. The topological polar surface area (TPSA) is 37.4 Å². The van der Waals surface area contributed by atoms with E-state index >= 15 is 0 Å². The van der Waals surface area contributed by atoms with Gasteiger partial charge >= 0.3 is 6.04 Å². The fourth-order valence-electron chi connectivity index (χ4n) is 1.22. The monoisotopic (exact) mass is 281 g/mol. The summed E-state index contributed by atoms with van der Waals surface area (Å²) in [4.78, 5) is 23.4. The maximum Gasteiger partial charge on any atom is 0.323 e. The van der Waals surface area contributed by atoms with Crippen molar-refractivity contribution in [2.45, 2.75) is 44.4 Å². The van der Waals surface area contributed by atoms with Crippen molar-refractivity contribution in [3.8, 4) is 0 Å². The van der Waals surface area contributed by atoms with Crippen LogP contribution in [0.25, 0.3) is 0 Å². The number of halogens is 1. The van der Waals surface area contributed by atoms with E-state index in [4.69, 9.17) is 0 Å². The first-order valence-electron chi connectivity index (χ1n) is 5.38. The molecular weight excluding hydrogens is 261 g/mol. The number of hydrogen-bond donors (Lipinski definition) is 0. The molecule has 1 unspecified atom stereocenters. The number of hydrogen-bond acceptors (Lipinski definition) is 4. The highest BCUT2D eigenvalue weighted by molar-refractivity contribution is 8.76. The van der Waals surface area contributed by atoms with Crippen molar-refractivity contribution in [3.05, 3.63) is 0 Å². The van der Waals surface area contributed by atoms with E-state index in [1.165, 1.54) is 18.9 Å². The summed E-state index contributed by atoms with van der Waals surface area (Å²) in [6.45, 7) is 5.51. The van der Waals surface area contributed by atoms with Crippen LogP contribution in [-0.4, -0.2) is 40.9 Å². The van der Waals surface area contributed by atoms with Gasteiger partial charge in [-0.2, -0.15) is 4.39 Å². The molecule has 100 valence electrons. The van der Waals surface area contributed by atoms with E-state index in [0.29, 0.717) is 12.8 Å². The van der Waals surface area contributed by atoms with Crippen LogP contribution in [0.15, 0.2) is 0 Å². The van der Waals surface area contributed by atoms with E-state index in [2.05, 4.69) is 13.8 Å². The molecule has 0 aliphatic heterocycles. The Bertz CT molecular complexity index is 285. The number of amides is 1. The van der Waals surface area contributed by atoms with Gasteiger partial charge in [0.1, 0.15) is 6.04 Å². The van der Waals surface area contributed by atoms with Crippen molar-refractivity contribution in [1.29, 1.82) is 0 Å². The molecule has 0 saturated carbocycles. The van der Waals surface area contributed by atoms with Crippen molar-refractivity contribution in [1.82, 2.24) is 4.90 Å². The van der Waals surface area contributed by atoms with Gasteiger partial charge in [-0.15, -0.1) is 0 Å². The first-order chi connectivity index (χ1) is 7.71. The molecule has 0 fully saturated rings. The van der Waals surface area contributed by atoms with Crippen molar-refractivity contribution in [2.75, 3.05) is 13.3 Å². The highest BCUT2D eigenvalue weighted by atomic mass is 33.1. The van der Waals surface area contributed by atoms with E-state index in [-0.39, 0.29) is 10.7 Å². The SMILES string of the molecule is CSSC(C)(C)CCC(=O)N(C)C(C)C(=O)F. The van der Waals surface area contributed by atoms with Crippen LogP contribution < -0.4 is 0 Å².